The molecule has 0 bridgehead atoms. The van der Waals surface area contributed by atoms with Gasteiger partial charge in [-0.2, -0.15) is 0 Å². The number of hydrogen-bond acceptors (Lipinski definition) is 3. The lowest BCUT2D eigenvalue weighted by Gasteiger charge is -2.11. The Morgan fingerprint density at radius 1 is 1.29 bits per heavy atom. The van der Waals surface area contributed by atoms with Gasteiger partial charge < -0.3 is 5.73 Å². The van der Waals surface area contributed by atoms with Gasteiger partial charge in [0.25, 0.3) is 0 Å². The van der Waals surface area contributed by atoms with E-state index >= 15 is 0 Å². The summed E-state index contributed by atoms with van der Waals surface area (Å²) < 4.78 is 0. The Balaban J connectivity index is 2.83. The van der Waals surface area contributed by atoms with Crippen LogP contribution >= 0.6 is 0 Å². The van der Waals surface area contributed by atoms with Crippen LogP contribution in [0.1, 0.15) is 25.3 Å². The molecule has 2 aromatic rings. The summed E-state index contributed by atoms with van der Waals surface area (Å²) >= 11 is 0. The number of aromatic nitrogens is 2. The number of nitrogen functional groups attached to an aromatic ring is 1. The van der Waals surface area contributed by atoms with Gasteiger partial charge in [-0.15, -0.1) is 0 Å². The van der Waals surface area contributed by atoms with Crippen LogP contribution in [0.4, 0.5) is 5.69 Å². The Labute approximate surface area is 83.0 Å². The zero-order valence-corrected chi connectivity index (χ0v) is 8.36. The maximum absolute atomic E-state index is 5.89. The van der Waals surface area contributed by atoms with E-state index in [1.54, 1.807) is 12.4 Å². The first kappa shape index (κ1) is 8.94. The average molecular weight is 187 g/mol. The van der Waals surface area contributed by atoms with Gasteiger partial charge in [0, 0.05) is 11.8 Å². The molecule has 0 atom stereocenters. The first-order valence-corrected chi connectivity index (χ1v) is 4.69. The maximum atomic E-state index is 5.89. The normalized spacial score (nSPS) is 11.1. The van der Waals surface area contributed by atoms with Crippen LogP contribution in [-0.4, -0.2) is 9.97 Å². The summed E-state index contributed by atoms with van der Waals surface area (Å²) in [5.41, 5.74) is 9.53. The third-order valence-corrected chi connectivity index (χ3v) is 2.27. The molecule has 3 heteroatoms. The van der Waals surface area contributed by atoms with E-state index < -0.39 is 0 Å². The average Bonchev–Trinajstić information content (AvgIpc) is 2.17. The van der Waals surface area contributed by atoms with Crippen LogP contribution in [0, 0.1) is 0 Å². The second kappa shape index (κ2) is 3.25. The number of hydrogen-bond donors (Lipinski definition) is 1. The van der Waals surface area contributed by atoms with Crippen molar-refractivity contribution >= 4 is 16.7 Å². The molecule has 72 valence electrons. The van der Waals surface area contributed by atoms with Gasteiger partial charge in [-0.05, 0) is 18.1 Å². The van der Waals surface area contributed by atoms with Gasteiger partial charge in [-0.25, -0.2) is 0 Å². The molecule has 0 spiro atoms. The van der Waals surface area contributed by atoms with Gasteiger partial charge in [0.05, 0.1) is 22.9 Å². The first-order valence-electron chi connectivity index (χ1n) is 4.69. The van der Waals surface area contributed by atoms with Crippen LogP contribution in [0.2, 0.25) is 0 Å². The van der Waals surface area contributed by atoms with E-state index in [1.807, 2.05) is 12.1 Å². The fourth-order valence-corrected chi connectivity index (χ4v) is 1.66. The number of fused-ring (bicyclic) bond motifs is 1. The SMILES string of the molecule is CC(C)c1c(N)cnc2cccnc12. The number of nitrogens with zero attached hydrogens (tertiary/aromatic N) is 2. The summed E-state index contributed by atoms with van der Waals surface area (Å²) in [6.45, 7) is 4.22. The second-order valence-electron chi connectivity index (χ2n) is 3.65. The lowest BCUT2D eigenvalue weighted by Crippen LogP contribution is -2.00. The van der Waals surface area contributed by atoms with Crippen molar-refractivity contribution in [3.05, 3.63) is 30.1 Å². The van der Waals surface area contributed by atoms with Crippen molar-refractivity contribution < 1.29 is 0 Å². The maximum Gasteiger partial charge on any atom is 0.0941 e. The Kier molecular flexibility index (Phi) is 2.08. The summed E-state index contributed by atoms with van der Waals surface area (Å²) in [5, 5.41) is 0. The molecule has 0 saturated heterocycles. The highest BCUT2D eigenvalue weighted by Gasteiger charge is 2.10. The van der Waals surface area contributed by atoms with Crippen molar-refractivity contribution in [3.63, 3.8) is 0 Å². The Hall–Kier alpha value is -1.64. The monoisotopic (exact) mass is 187 g/mol. The van der Waals surface area contributed by atoms with Gasteiger partial charge in [-0.3, -0.25) is 9.97 Å². The van der Waals surface area contributed by atoms with E-state index in [9.17, 15) is 0 Å². The third kappa shape index (κ3) is 1.31. The molecule has 2 heterocycles. The van der Waals surface area contributed by atoms with E-state index in [4.69, 9.17) is 5.73 Å². The largest absolute Gasteiger partial charge is 0.397 e. The van der Waals surface area contributed by atoms with Crippen molar-refractivity contribution in [2.75, 3.05) is 5.73 Å². The van der Waals surface area contributed by atoms with Crippen LogP contribution in [0.3, 0.4) is 0 Å². The smallest absolute Gasteiger partial charge is 0.0941 e. The zero-order chi connectivity index (χ0) is 10.1. The van der Waals surface area contributed by atoms with Gasteiger partial charge in [0.1, 0.15) is 0 Å². The number of rotatable bonds is 1. The Morgan fingerprint density at radius 3 is 2.79 bits per heavy atom. The molecular formula is C11H13N3. The highest BCUT2D eigenvalue weighted by Crippen LogP contribution is 2.27. The van der Waals surface area contributed by atoms with E-state index in [0.29, 0.717) is 5.92 Å². The van der Waals surface area contributed by atoms with Gasteiger partial charge in [0.2, 0.25) is 0 Å². The number of anilines is 1. The molecule has 0 saturated carbocycles. The van der Waals surface area contributed by atoms with E-state index in [0.717, 1.165) is 22.3 Å². The summed E-state index contributed by atoms with van der Waals surface area (Å²) in [5.74, 6) is 0.371. The highest BCUT2D eigenvalue weighted by atomic mass is 14.8. The molecule has 0 fully saturated rings. The predicted molar refractivity (Wildman–Crippen MR) is 58.0 cm³/mol. The van der Waals surface area contributed by atoms with E-state index in [-0.39, 0.29) is 0 Å². The quantitative estimate of drug-likeness (QED) is 0.745. The minimum Gasteiger partial charge on any atom is -0.397 e. The van der Waals surface area contributed by atoms with Crippen molar-refractivity contribution in [2.24, 2.45) is 0 Å². The molecule has 0 aliphatic heterocycles. The predicted octanol–water partition coefficient (Wildman–Crippen LogP) is 2.34. The molecule has 14 heavy (non-hydrogen) atoms. The lowest BCUT2D eigenvalue weighted by atomic mass is 10.0. The van der Waals surface area contributed by atoms with Crippen LogP contribution in [-0.2, 0) is 0 Å². The van der Waals surface area contributed by atoms with Gasteiger partial charge in [0.15, 0.2) is 0 Å². The number of pyridine rings is 2. The first-order chi connectivity index (χ1) is 6.70. The molecule has 2 N–H and O–H groups in total. The van der Waals surface area contributed by atoms with Crippen LogP contribution in [0.15, 0.2) is 24.5 Å². The van der Waals surface area contributed by atoms with Gasteiger partial charge in [-0.1, -0.05) is 13.8 Å². The van der Waals surface area contributed by atoms with Crippen LogP contribution in [0.25, 0.3) is 11.0 Å². The topological polar surface area (TPSA) is 51.8 Å². The van der Waals surface area contributed by atoms with Crippen LogP contribution < -0.4 is 5.73 Å². The van der Waals surface area contributed by atoms with Crippen molar-refractivity contribution in [1.29, 1.82) is 0 Å². The van der Waals surface area contributed by atoms with Crippen molar-refractivity contribution in [1.82, 2.24) is 9.97 Å². The Bertz CT molecular complexity index is 463. The molecule has 2 rings (SSSR count). The fourth-order valence-electron chi connectivity index (χ4n) is 1.66. The highest BCUT2D eigenvalue weighted by molar-refractivity contribution is 5.82. The summed E-state index contributed by atoms with van der Waals surface area (Å²) in [6.07, 6.45) is 3.48. The molecule has 0 aliphatic rings. The molecule has 0 unspecified atom stereocenters. The summed E-state index contributed by atoms with van der Waals surface area (Å²) in [6, 6.07) is 3.84. The minimum absolute atomic E-state index is 0.371. The summed E-state index contributed by atoms with van der Waals surface area (Å²) in [7, 11) is 0. The minimum atomic E-state index is 0.371. The number of nitrogens with two attached hydrogens (primary N) is 1. The molecular weight excluding hydrogens is 174 g/mol. The van der Waals surface area contributed by atoms with Crippen molar-refractivity contribution in [3.8, 4) is 0 Å². The van der Waals surface area contributed by atoms with E-state index in [2.05, 4.69) is 23.8 Å². The Morgan fingerprint density at radius 2 is 2.07 bits per heavy atom. The fraction of sp³-hybridized carbons (Fsp3) is 0.273. The molecule has 2 aromatic heterocycles. The molecule has 0 radical (unpaired) electrons. The zero-order valence-electron chi connectivity index (χ0n) is 8.36. The molecule has 0 aliphatic carbocycles. The van der Waals surface area contributed by atoms with Crippen molar-refractivity contribution in [2.45, 2.75) is 19.8 Å². The van der Waals surface area contributed by atoms with Crippen LogP contribution in [0.5, 0.6) is 0 Å². The standard InChI is InChI=1S/C11H13N3/c1-7(2)10-8(12)6-14-9-4-3-5-13-11(9)10/h3-7H,12H2,1-2H3. The molecule has 3 nitrogen and oxygen atoms in total. The van der Waals surface area contributed by atoms with E-state index in [1.165, 1.54) is 0 Å². The summed E-state index contributed by atoms with van der Waals surface area (Å²) in [4.78, 5) is 8.56. The molecule has 0 amide bonds. The third-order valence-electron chi connectivity index (χ3n) is 2.27. The molecule has 0 aromatic carbocycles. The second-order valence-corrected chi connectivity index (χ2v) is 3.65. The van der Waals surface area contributed by atoms with Gasteiger partial charge >= 0.3 is 0 Å². The lowest BCUT2D eigenvalue weighted by molar-refractivity contribution is 0.874.